The summed E-state index contributed by atoms with van der Waals surface area (Å²) in [6, 6.07) is 5.42. The van der Waals surface area contributed by atoms with Crippen molar-refractivity contribution in [2.75, 3.05) is 13.2 Å². The van der Waals surface area contributed by atoms with E-state index in [-0.39, 0.29) is 19.0 Å². The van der Waals surface area contributed by atoms with Crippen molar-refractivity contribution in [3.05, 3.63) is 29.8 Å². The van der Waals surface area contributed by atoms with Crippen LogP contribution in [0.25, 0.3) is 0 Å². The molecule has 1 fully saturated rings. The summed E-state index contributed by atoms with van der Waals surface area (Å²) in [6.07, 6.45) is -2.40. The Labute approximate surface area is 115 Å². The third-order valence-corrected chi connectivity index (χ3v) is 3.22. The number of alkyl halides is 3. The molecule has 6 heteroatoms. The molecular formula is C14H18F3NO2. The Morgan fingerprint density at radius 1 is 1.30 bits per heavy atom. The molecule has 20 heavy (non-hydrogen) atoms. The number of aliphatic hydroxyl groups excluding tert-OH is 1. The number of benzene rings is 1. The second-order valence-electron chi connectivity index (χ2n) is 5.42. The summed E-state index contributed by atoms with van der Waals surface area (Å²) in [5.74, 6) is -0.211. The first-order chi connectivity index (χ1) is 9.34. The van der Waals surface area contributed by atoms with E-state index >= 15 is 0 Å². The predicted octanol–water partition coefficient (Wildman–Crippen LogP) is 2.59. The molecule has 1 aromatic rings. The Kier molecular flexibility index (Phi) is 4.25. The maximum atomic E-state index is 12.8. The molecule has 0 spiro atoms. The Morgan fingerprint density at radius 2 is 1.95 bits per heavy atom. The van der Waals surface area contributed by atoms with Crippen LogP contribution in [0.1, 0.15) is 25.3 Å². The van der Waals surface area contributed by atoms with Crippen molar-refractivity contribution >= 4 is 0 Å². The van der Waals surface area contributed by atoms with Gasteiger partial charge in [-0.3, -0.25) is 0 Å². The molecule has 1 aromatic carbocycles. The fourth-order valence-corrected chi connectivity index (χ4v) is 1.92. The molecule has 0 aliphatic heterocycles. The molecule has 0 amide bonds. The third kappa shape index (κ3) is 3.86. The molecule has 1 aliphatic carbocycles. The van der Waals surface area contributed by atoms with Crippen molar-refractivity contribution < 1.29 is 23.0 Å². The van der Waals surface area contributed by atoms with Gasteiger partial charge in [-0.2, -0.15) is 13.2 Å². The van der Waals surface area contributed by atoms with Crippen LogP contribution in [0.5, 0.6) is 5.75 Å². The first-order valence-electron chi connectivity index (χ1n) is 6.52. The highest BCUT2D eigenvalue weighted by atomic mass is 19.4. The summed E-state index contributed by atoms with van der Waals surface area (Å²) in [6.45, 7) is 1.52. The second kappa shape index (κ2) is 5.61. The van der Waals surface area contributed by atoms with Gasteiger partial charge in [0.25, 0.3) is 0 Å². The van der Waals surface area contributed by atoms with Gasteiger partial charge in [0.15, 0.2) is 0 Å². The smallest absolute Gasteiger partial charge is 0.419 e. The number of aliphatic hydroxyl groups is 1. The number of halogens is 3. The van der Waals surface area contributed by atoms with Crippen molar-refractivity contribution in [1.82, 2.24) is 5.32 Å². The lowest BCUT2D eigenvalue weighted by Crippen LogP contribution is -2.51. The van der Waals surface area contributed by atoms with Crippen molar-refractivity contribution in [2.24, 2.45) is 0 Å². The van der Waals surface area contributed by atoms with Crippen molar-refractivity contribution in [3.63, 3.8) is 0 Å². The summed E-state index contributed by atoms with van der Waals surface area (Å²) >= 11 is 0. The molecule has 0 aromatic heterocycles. The molecule has 2 rings (SSSR count). The number of hydrogen-bond acceptors (Lipinski definition) is 3. The average Bonchev–Trinajstić information content (AvgIpc) is 3.19. The van der Waals surface area contributed by atoms with E-state index in [1.165, 1.54) is 18.2 Å². The third-order valence-electron chi connectivity index (χ3n) is 3.22. The number of nitrogens with one attached hydrogen (secondary N) is 1. The zero-order valence-electron chi connectivity index (χ0n) is 11.2. The van der Waals surface area contributed by atoms with Crippen LogP contribution in [-0.2, 0) is 6.18 Å². The second-order valence-corrected chi connectivity index (χ2v) is 5.42. The molecule has 3 nitrogen and oxygen atoms in total. The first kappa shape index (κ1) is 15.1. The van der Waals surface area contributed by atoms with Crippen LogP contribution >= 0.6 is 0 Å². The zero-order chi connectivity index (χ0) is 14.8. The lowest BCUT2D eigenvalue weighted by molar-refractivity contribution is -0.139. The largest absolute Gasteiger partial charge is 0.491 e. The van der Waals surface area contributed by atoms with Crippen LogP contribution in [0.3, 0.4) is 0 Å². The van der Waals surface area contributed by atoms with Gasteiger partial charge in [-0.15, -0.1) is 0 Å². The highest BCUT2D eigenvalue weighted by Crippen LogP contribution is 2.36. The molecule has 1 unspecified atom stereocenters. The number of para-hydroxylation sites is 1. The van der Waals surface area contributed by atoms with Gasteiger partial charge in [0, 0.05) is 6.04 Å². The van der Waals surface area contributed by atoms with Gasteiger partial charge in [0.2, 0.25) is 0 Å². The van der Waals surface area contributed by atoms with Gasteiger partial charge >= 0.3 is 6.18 Å². The molecule has 0 saturated heterocycles. The molecule has 1 atom stereocenters. The summed E-state index contributed by atoms with van der Waals surface area (Å²) in [5.41, 5.74) is -1.54. The van der Waals surface area contributed by atoms with Gasteiger partial charge in [-0.05, 0) is 31.9 Å². The van der Waals surface area contributed by atoms with E-state index in [0.717, 1.165) is 18.9 Å². The molecule has 112 valence electrons. The lowest BCUT2D eigenvalue weighted by atomic mass is 10.1. The van der Waals surface area contributed by atoms with Crippen molar-refractivity contribution in [1.29, 1.82) is 0 Å². The van der Waals surface area contributed by atoms with Crippen LogP contribution in [0.15, 0.2) is 24.3 Å². The molecule has 0 bridgehead atoms. The Hall–Kier alpha value is -1.27. The van der Waals surface area contributed by atoms with Crippen molar-refractivity contribution in [3.8, 4) is 5.75 Å². The van der Waals surface area contributed by atoms with Gasteiger partial charge in [0.1, 0.15) is 12.4 Å². The van der Waals surface area contributed by atoms with Gasteiger partial charge in [0.05, 0.1) is 17.7 Å². The van der Waals surface area contributed by atoms with E-state index in [1.54, 1.807) is 6.92 Å². The van der Waals surface area contributed by atoms with E-state index < -0.39 is 17.3 Å². The topological polar surface area (TPSA) is 41.5 Å². The molecule has 0 heterocycles. The maximum Gasteiger partial charge on any atom is 0.419 e. The first-order valence-corrected chi connectivity index (χ1v) is 6.52. The van der Waals surface area contributed by atoms with Crippen LogP contribution in [-0.4, -0.2) is 29.9 Å². The maximum absolute atomic E-state index is 12.8. The number of ether oxygens (including phenoxy) is 1. The zero-order valence-corrected chi connectivity index (χ0v) is 11.2. The molecule has 2 N–H and O–H groups in total. The summed E-state index contributed by atoms with van der Waals surface area (Å²) in [5, 5.41) is 12.6. The van der Waals surface area contributed by atoms with Gasteiger partial charge in [-0.1, -0.05) is 12.1 Å². The van der Waals surface area contributed by atoms with Crippen LogP contribution in [0.4, 0.5) is 13.2 Å². The molecule has 0 radical (unpaired) electrons. The van der Waals surface area contributed by atoms with E-state index in [1.807, 2.05) is 0 Å². The molecule has 1 aliphatic rings. The van der Waals surface area contributed by atoms with Crippen LogP contribution < -0.4 is 10.1 Å². The fraction of sp³-hybridized carbons (Fsp3) is 0.571. The highest BCUT2D eigenvalue weighted by molar-refractivity contribution is 5.35. The summed E-state index contributed by atoms with van der Waals surface area (Å²) in [7, 11) is 0. The normalized spacial score (nSPS) is 18.6. The minimum Gasteiger partial charge on any atom is -0.491 e. The summed E-state index contributed by atoms with van der Waals surface area (Å²) in [4.78, 5) is 0. The minimum atomic E-state index is -4.45. The van der Waals surface area contributed by atoms with Crippen molar-refractivity contribution in [2.45, 2.75) is 37.5 Å². The minimum absolute atomic E-state index is 0.0207. The Balaban J connectivity index is 2.06. The van der Waals surface area contributed by atoms with Crippen LogP contribution in [0, 0.1) is 0 Å². The van der Waals surface area contributed by atoms with E-state index in [9.17, 15) is 18.3 Å². The number of rotatable bonds is 6. The van der Waals surface area contributed by atoms with E-state index in [0.29, 0.717) is 6.04 Å². The fourth-order valence-electron chi connectivity index (χ4n) is 1.92. The Bertz CT molecular complexity index is 460. The monoisotopic (exact) mass is 289 g/mol. The molecule has 1 saturated carbocycles. The van der Waals surface area contributed by atoms with Crippen LogP contribution in [0.2, 0.25) is 0 Å². The quantitative estimate of drug-likeness (QED) is 0.846. The van der Waals surface area contributed by atoms with Gasteiger partial charge in [-0.25, -0.2) is 0 Å². The predicted molar refractivity (Wildman–Crippen MR) is 68.6 cm³/mol. The summed E-state index contributed by atoms with van der Waals surface area (Å²) < 4.78 is 43.8. The standard InChI is InChI=1S/C14H18F3NO2/c1-13(8-19,18-10-6-7-10)9-20-12-5-3-2-4-11(12)14(15,16)17/h2-5,10,18-19H,6-9H2,1H3. The average molecular weight is 289 g/mol. The number of hydrogen-bond donors (Lipinski definition) is 2. The van der Waals surface area contributed by atoms with E-state index in [2.05, 4.69) is 5.32 Å². The SMILES string of the molecule is CC(CO)(COc1ccccc1C(F)(F)F)NC1CC1. The lowest BCUT2D eigenvalue weighted by Gasteiger charge is -2.29. The highest BCUT2D eigenvalue weighted by Gasteiger charge is 2.36. The van der Waals surface area contributed by atoms with E-state index in [4.69, 9.17) is 4.74 Å². The Morgan fingerprint density at radius 3 is 2.50 bits per heavy atom. The van der Waals surface area contributed by atoms with Gasteiger partial charge < -0.3 is 15.2 Å². The molecular weight excluding hydrogens is 271 g/mol.